The Morgan fingerprint density at radius 2 is 1.10 bits per heavy atom. The molecule has 2 heteroatoms. The molecule has 2 nitrogen and oxygen atoms in total. The maximum absolute atomic E-state index is 11.0. The second kappa shape index (κ2) is 8.18. The molecule has 0 atom stereocenters. The van der Waals surface area contributed by atoms with Crippen LogP contribution in [0.1, 0.15) is 72.9 Å². The van der Waals surface area contributed by atoms with E-state index in [0.717, 1.165) is 44.5 Å². The van der Waals surface area contributed by atoms with Crippen molar-refractivity contribution in [2.45, 2.75) is 67.2 Å². The van der Waals surface area contributed by atoms with E-state index in [1.165, 1.54) is 11.1 Å². The van der Waals surface area contributed by atoms with Crippen LogP contribution in [-0.2, 0) is 0 Å². The topological polar surface area (TPSA) is 40.5 Å². The number of aryl methyl sites for hydroxylation is 4. The lowest BCUT2D eigenvalue weighted by atomic mass is 9.79. The fourth-order valence-corrected chi connectivity index (χ4v) is 4.57. The fraction of sp³-hybridized carbons (Fsp3) is 0.357. The number of benzene rings is 3. The van der Waals surface area contributed by atoms with E-state index >= 15 is 0 Å². The highest BCUT2D eigenvalue weighted by Gasteiger charge is 2.24. The van der Waals surface area contributed by atoms with Gasteiger partial charge in [-0.25, -0.2) is 0 Å². The summed E-state index contributed by atoms with van der Waals surface area (Å²) in [6, 6.07) is 12.5. The molecule has 0 heterocycles. The predicted molar refractivity (Wildman–Crippen MR) is 128 cm³/mol. The quantitative estimate of drug-likeness (QED) is 0.465. The highest BCUT2D eigenvalue weighted by atomic mass is 16.3. The van der Waals surface area contributed by atoms with E-state index in [9.17, 15) is 10.2 Å². The minimum Gasteiger partial charge on any atom is -0.507 e. The maximum Gasteiger partial charge on any atom is 0.126 e. The lowest BCUT2D eigenvalue weighted by Crippen LogP contribution is -2.04. The molecule has 3 aromatic carbocycles. The molecule has 0 saturated carbocycles. The molecule has 0 saturated heterocycles. The van der Waals surface area contributed by atoms with Crippen molar-refractivity contribution in [3.8, 4) is 33.8 Å². The molecule has 0 fully saturated rings. The van der Waals surface area contributed by atoms with Gasteiger partial charge in [-0.1, -0.05) is 52.0 Å². The van der Waals surface area contributed by atoms with Gasteiger partial charge in [-0.15, -0.1) is 0 Å². The zero-order valence-corrected chi connectivity index (χ0v) is 19.5. The van der Waals surface area contributed by atoms with Crippen molar-refractivity contribution >= 4 is 0 Å². The summed E-state index contributed by atoms with van der Waals surface area (Å²) >= 11 is 0. The third-order valence-corrected chi connectivity index (χ3v) is 5.93. The lowest BCUT2D eigenvalue weighted by molar-refractivity contribution is 0.473. The van der Waals surface area contributed by atoms with Crippen LogP contribution in [0.5, 0.6) is 11.5 Å². The monoisotopic (exact) mass is 402 g/mol. The van der Waals surface area contributed by atoms with Crippen molar-refractivity contribution < 1.29 is 10.2 Å². The van der Waals surface area contributed by atoms with Crippen molar-refractivity contribution in [3.05, 3.63) is 69.8 Å². The molecule has 3 aromatic rings. The Labute approximate surface area is 181 Å². The molecule has 0 amide bonds. The highest BCUT2D eigenvalue weighted by Crippen LogP contribution is 2.47. The van der Waals surface area contributed by atoms with Gasteiger partial charge in [-0.05, 0) is 96.2 Å². The summed E-state index contributed by atoms with van der Waals surface area (Å²) in [7, 11) is 0. The molecule has 0 radical (unpaired) electrons. The van der Waals surface area contributed by atoms with Crippen molar-refractivity contribution in [2.24, 2.45) is 0 Å². The summed E-state index contributed by atoms with van der Waals surface area (Å²) in [5.41, 5.74) is 10.3. The molecule has 0 aliphatic rings. The Balaban J connectivity index is 2.50. The molecule has 0 aromatic heterocycles. The first-order valence-corrected chi connectivity index (χ1v) is 10.8. The summed E-state index contributed by atoms with van der Waals surface area (Å²) < 4.78 is 0. The first-order valence-electron chi connectivity index (χ1n) is 10.8. The van der Waals surface area contributed by atoms with Crippen LogP contribution >= 0.6 is 0 Å². The second-order valence-corrected chi connectivity index (χ2v) is 9.26. The number of hydrogen-bond acceptors (Lipinski definition) is 2. The van der Waals surface area contributed by atoms with E-state index in [1.54, 1.807) is 0 Å². The standard InChI is InChI=1S/C28H34O2/c1-15(2)21-9-10-22(23-13-17(5)11-19(7)27(23)29)25(16(3)4)26(21)24-14-18(6)12-20(8)28(24)30/h9-16,29-30H,1-8H3. The van der Waals surface area contributed by atoms with E-state index < -0.39 is 0 Å². The Bertz CT molecular complexity index is 1100. The largest absolute Gasteiger partial charge is 0.507 e. The normalized spacial score (nSPS) is 11.5. The number of aromatic hydroxyl groups is 2. The molecular formula is C28H34O2. The number of rotatable bonds is 4. The first-order chi connectivity index (χ1) is 14.0. The van der Waals surface area contributed by atoms with Gasteiger partial charge in [0.2, 0.25) is 0 Å². The van der Waals surface area contributed by atoms with Crippen LogP contribution in [0.3, 0.4) is 0 Å². The molecule has 0 unspecified atom stereocenters. The Morgan fingerprint density at radius 1 is 0.600 bits per heavy atom. The Morgan fingerprint density at radius 3 is 1.60 bits per heavy atom. The smallest absolute Gasteiger partial charge is 0.126 e. The van der Waals surface area contributed by atoms with Gasteiger partial charge in [-0.2, -0.15) is 0 Å². The fourth-order valence-electron chi connectivity index (χ4n) is 4.57. The molecule has 0 aliphatic heterocycles. The van der Waals surface area contributed by atoms with Gasteiger partial charge in [0.1, 0.15) is 11.5 Å². The molecule has 0 spiro atoms. The van der Waals surface area contributed by atoms with E-state index in [1.807, 2.05) is 26.0 Å². The molecule has 158 valence electrons. The number of hydrogen-bond donors (Lipinski definition) is 2. The molecule has 2 N–H and O–H groups in total. The van der Waals surface area contributed by atoms with Gasteiger partial charge in [0.25, 0.3) is 0 Å². The Hall–Kier alpha value is -2.74. The first kappa shape index (κ1) is 22.0. The summed E-state index contributed by atoms with van der Waals surface area (Å²) in [4.78, 5) is 0. The number of phenolic OH excluding ortho intramolecular Hbond substituents is 2. The van der Waals surface area contributed by atoms with E-state index in [2.05, 4.69) is 65.8 Å². The van der Waals surface area contributed by atoms with Gasteiger partial charge in [0.15, 0.2) is 0 Å². The van der Waals surface area contributed by atoms with Crippen LogP contribution in [0.4, 0.5) is 0 Å². The average Bonchev–Trinajstić information content (AvgIpc) is 2.66. The van der Waals surface area contributed by atoms with Gasteiger partial charge in [-0.3, -0.25) is 0 Å². The van der Waals surface area contributed by atoms with Gasteiger partial charge in [0, 0.05) is 11.1 Å². The highest BCUT2D eigenvalue weighted by molar-refractivity contribution is 5.87. The molecular weight excluding hydrogens is 368 g/mol. The summed E-state index contributed by atoms with van der Waals surface area (Å²) in [5, 5.41) is 22.0. The Kier molecular flexibility index (Phi) is 5.99. The zero-order valence-electron chi connectivity index (χ0n) is 19.5. The SMILES string of the molecule is Cc1cc(C)c(O)c(-c2ccc(C(C)C)c(-c3cc(C)cc(C)c3O)c2C(C)C)c1. The van der Waals surface area contributed by atoms with Crippen molar-refractivity contribution in [2.75, 3.05) is 0 Å². The molecule has 3 rings (SSSR count). The minimum atomic E-state index is 0.217. The predicted octanol–water partition coefficient (Wildman–Crippen LogP) is 7.91. The van der Waals surface area contributed by atoms with Crippen LogP contribution < -0.4 is 0 Å². The van der Waals surface area contributed by atoms with Crippen LogP contribution in [-0.4, -0.2) is 10.2 Å². The van der Waals surface area contributed by atoms with Crippen molar-refractivity contribution in [1.29, 1.82) is 0 Å². The molecule has 0 aliphatic carbocycles. The van der Waals surface area contributed by atoms with Crippen LogP contribution in [0.2, 0.25) is 0 Å². The second-order valence-electron chi connectivity index (χ2n) is 9.26. The maximum atomic E-state index is 11.0. The summed E-state index contributed by atoms with van der Waals surface area (Å²) in [6.07, 6.45) is 0. The van der Waals surface area contributed by atoms with Gasteiger partial charge in [0.05, 0.1) is 0 Å². The summed E-state index contributed by atoms with van der Waals surface area (Å²) in [5.74, 6) is 1.19. The van der Waals surface area contributed by atoms with Crippen LogP contribution in [0.15, 0.2) is 36.4 Å². The molecule has 30 heavy (non-hydrogen) atoms. The molecule has 0 bridgehead atoms. The van der Waals surface area contributed by atoms with E-state index in [-0.39, 0.29) is 5.92 Å². The van der Waals surface area contributed by atoms with Crippen molar-refractivity contribution in [1.82, 2.24) is 0 Å². The zero-order chi connectivity index (χ0) is 22.3. The van der Waals surface area contributed by atoms with E-state index in [4.69, 9.17) is 0 Å². The van der Waals surface area contributed by atoms with Crippen LogP contribution in [0, 0.1) is 27.7 Å². The van der Waals surface area contributed by atoms with Crippen LogP contribution in [0.25, 0.3) is 22.3 Å². The van der Waals surface area contributed by atoms with Crippen molar-refractivity contribution in [3.63, 3.8) is 0 Å². The number of phenols is 2. The summed E-state index contributed by atoms with van der Waals surface area (Å²) in [6.45, 7) is 16.8. The lowest BCUT2D eigenvalue weighted by Gasteiger charge is -2.25. The average molecular weight is 403 g/mol. The third-order valence-electron chi connectivity index (χ3n) is 5.93. The van der Waals surface area contributed by atoms with Gasteiger partial charge < -0.3 is 10.2 Å². The van der Waals surface area contributed by atoms with E-state index in [0.29, 0.717) is 17.4 Å². The third kappa shape index (κ3) is 3.84. The van der Waals surface area contributed by atoms with Gasteiger partial charge >= 0.3 is 0 Å². The minimum absolute atomic E-state index is 0.217.